The Hall–Kier alpha value is -1.40. The molecule has 0 saturated heterocycles. The summed E-state index contributed by atoms with van der Waals surface area (Å²) in [6, 6.07) is 6.06. The van der Waals surface area contributed by atoms with Gasteiger partial charge in [-0.3, -0.25) is 4.79 Å². The standard InChI is InChI=1S/C14H22N2O3S/c1-3-5-6-10-15-14(17)12-8-7-9-13(11-12)20(18,19)16-4-2/h7-9,11,16H,3-6,10H2,1-2H3,(H,15,17). The smallest absolute Gasteiger partial charge is 0.251 e. The molecule has 0 atom stereocenters. The van der Waals surface area contributed by atoms with Gasteiger partial charge in [-0.15, -0.1) is 0 Å². The van der Waals surface area contributed by atoms with Crippen molar-refractivity contribution in [2.45, 2.75) is 38.0 Å². The van der Waals surface area contributed by atoms with E-state index in [1.54, 1.807) is 19.1 Å². The van der Waals surface area contributed by atoms with Crippen molar-refractivity contribution in [3.8, 4) is 0 Å². The molecule has 112 valence electrons. The Morgan fingerprint density at radius 3 is 2.60 bits per heavy atom. The van der Waals surface area contributed by atoms with Crippen LogP contribution in [0.4, 0.5) is 0 Å². The van der Waals surface area contributed by atoms with E-state index in [1.165, 1.54) is 12.1 Å². The SMILES string of the molecule is CCCCCNC(=O)c1cccc(S(=O)(=O)NCC)c1. The molecule has 2 N–H and O–H groups in total. The van der Waals surface area contributed by atoms with Gasteiger partial charge in [-0.2, -0.15) is 0 Å². The molecule has 0 unspecified atom stereocenters. The molecule has 0 aliphatic carbocycles. The molecule has 0 saturated carbocycles. The Kier molecular flexibility index (Phi) is 6.67. The summed E-state index contributed by atoms with van der Waals surface area (Å²) in [7, 11) is -3.53. The Morgan fingerprint density at radius 2 is 1.95 bits per heavy atom. The minimum absolute atomic E-state index is 0.112. The van der Waals surface area contributed by atoms with Gasteiger partial charge in [-0.05, 0) is 24.6 Å². The zero-order valence-corrected chi connectivity index (χ0v) is 12.8. The van der Waals surface area contributed by atoms with Crippen LogP contribution in [-0.2, 0) is 10.0 Å². The molecule has 1 amide bonds. The van der Waals surface area contributed by atoms with Crippen molar-refractivity contribution in [1.82, 2.24) is 10.0 Å². The summed E-state index contributed by atoms with van der Waals surface area (Å²) in [6.45, 7) is 4.73. The normalized spacial score (nSPS) is 11.3. The highest BCUT2D eigenvalue weighted by Gasteiger charge is 2.14. The highest BCUT2D eigenvalue weighted by atomic mass is 32.2. The molecule has 0 spiro atoms. The van der Waals surface area contributed by atoms with E-state index >= 15 is 0 Å². The molecule has 0 heterocycles. The molecule has 1 aromatic carbocycles. The van der Waals surface area contributed by atoms with Gasteiger partial charge in [-0.1, -0.05) is 32.8 Å². The Balaban J connectivity index is 2.75. The molecular weight excluding hydrogens is 276 g/mol. The third-order valence-electron chi connectivity index (χ3n) is 2.81. The lowest BCUT2D eigenvalue weighted by Crippen LogP contribution is -2.26. The maximum absolute atomic E-state index is 11.9. The van der Waals surface area contributed by atoms with E-state index in [0.29, 0.717) is 18.7 Å². The van der Waals surface area contributed by atoms with Gasteiger partial charge in [0.05, 0.1) is 4.90 Å². The van der Waals surface area contributed by atoms with E-state index in [0.717, 1.165) is 19.3 Å². The lowest BCUT2D eigenvalue weighted by molar-refractivity contribution is 0.0952. The summed E-state index contributed by atoms with van der Waals surface area (Å²) >= 11 is 0. The number of nitrogens with one attached hydrogen (secondary N) is 2. The van der Waals surface area contributed by atoms with E-state index in [4.69, 9.17) is 0 Å². The van der Waals surface area contributed by atoms with Crippen LogP contribution in [0.2, 0.25) is 0 Å². The third kappa shape index (κ3) is 4.94. The van der Waals surface area contributed by atoms with Crippen LogP contribution in [0.15, 0.2) is 29.2 Å². The van der Waals surface area contributed by atoms with Gasteiger partial charge < -0.3 is 5.32 Å². The average Bonchev–Trinajstić information content (AvgIpc) is 2.43. The zero-order chi connectivity index (χ0) is 15.0. The molecule has 0 bridgehead atoms. The topological polar surface area (TPSA) is 75.3 Å². The predicted molar refractivity (Wildman–Crippen MR) is 79.2 cm³/mol. The molecule has 0 radical (unpaired) electrons. The van der Waals surface area contributed by atoms with E-state index in [-0.39, 0.29) is 10.8 Å². The van der Waals surface area contributed by atoms with Crippen molar-refractivity contribution in [1.29, 1.82) is 0 Å². The van der Waals surface area contributed by atoms with Crippen LogP contribution < -0.4 is 10.0 Å². The minimum atomic E-state index is -3.53. The van der Waals surface area contributed by atoms with Gasteiger partial charge in [0.1, 0.15) is 0 Å². The van der Waals surface area contributed by atoms with Gasteiger partial charge in [0.2, 0.25) is 10.0 Å². The Morgan fingerprint density at radius 1 is 1.20 bits per heavy atom. The number of carbonyl (C=O) groups is 1. The zero-order valence-electron chi connectivity index (χ0n) is 12.0. The van der Waals surface area contributed by atoms with Crippen LogP contribution in [0, 0.1) is 0 Å². The average molecular weight is 298 g/mol. The second-order valence-electron chi connectivity index (χ2n) is 4.49. The number of benzene rings is 1. The fourth-order valence-corrected chi connectivity index (χ4v) is 2.84. The number of carbonyl (C=O) groups excluding carboxylic acids is 1. The number of hydrogen-bond acceptors (Lipinski definition) is 3. The number of sulfonamides is 1. The molecule has 1 aromatic rings. The Labute approximate surface area is 120 Å². The highest BCUT2D eigenvalue weighted by molar-refractivity contribution is 7.89. The van der Waals surface area contributed by atoms with Gasteiger partial charge in [0.15, 0.2) is 0 Å². The van der Waals surface area contributed by atoms with Crippen LogP contribution in [0.5, 0.6) is 0 Å². The maximum Gasteiger partial charge on any atom is 0.251 e. The van der Waals surface area contributed by atoms with E-state index in [1.807, 2.05) is 0 Å². The number of rotatable bonds is 8. The van der Waals surface area contributed by atoms with E-state index in [9.17, 15) is 13.2 Å². The molecule has 0 fully saturated rings. The first-order valence-electron chi connectivity index (χ1n) is 6.89. The largest absolute Gasteiger partial charge is 0.352 e. The number of amides is 1. The molecule has 0 aliphatic rings. The summed E-state index contributed by atoms with van der Waals surface area (Å²) in [4.78, 5) is 12.0. The molecule has 1 rings (SSSR count). The van der Waals surface area contributed by atoms with Gasteiger partial charge in [-0.25, -0.2) is 13.1 Å². The van der Waals surface area contributed by atoms with Crippen LogP contribution in [0.1, 0.15) is 43.5 Å². The first-order chi connectivity index (χ1) is 9.51. The van der Waals surface area contributed by atoms with Crippen LogP contribution in [0.25, 0.3) is 0 Å². The summed E-state index contributed by atoms with van der Waals surface area (Å²) in [5.74, 6) is -0.241. The summed E-state index contributed by atoms with van der Waals surface area (Å²) in [5, 5.41) is 2.79. The monoisotopic (exact) mass is 298 g/mol. The van der Waals surface area contributed by atoms with Crippen molar-refractivity contribution in [2.75, 3.05) is 13.1 Å². The van der Waals surface area contributed by atoms with Gasteiger partial charge in [0, 0.05) is 18.7 Å². The number of hydrogen-bond donors (Lipinski definition) is 2. The lowest BCUT2D eigenvalue weighted by atomic mass is 10.2. The van der Waals surface area contributed by atoms with Crippen LogP contribution in [0.3, 0.4) is 0 Å². The first-order valence-corrected chi connectivity index (χ1v) is 8.37. The van der Waals surface area contributed by atoms with Crippen LogP contribution >= 0.6 is 0 Å². The summed E-state index contributed by atoms with van der Waals surface area (Å²) in [6.07, 6.45) is 3.08. The molecule has 5 nitrogen and oxygen atoms in total. The minimum Gasteiger partial charge on any atom is -0.352 e. The Bertz CT molecular complexity index is 541. The van der Waals surface area contributed by atoms with Crippen molar-refractivity contribution < 1.29 is 13.2 Å². The number of unbranched alkanes of at least 4 members (excludes halogenated alkanes) is 2. The molecule has 20 heavy (non-hydrogen) atoms. The molecule has 0 aromatic heterocycles. The van der Waals surface area contributed by atoms with Gasteiger partial charge >= 0.3 is 0 Å². The quantitative estimate of drug-likeness (QED) is 0.720. The second kappa shape index (κ2) is 8.01. The third-order valence-corrected chi connectivity index (χ3v) is 4.35. The van der Waals surface area contributed by atoms with Crippen molar-refractivity contribution in [2.24, 2.45) is 0 Å². The molecular formula is C14H22N2O3S. The van der Waals surface area contributed by atoms with Crippen LogP contribution in [-0.4, -0.2) is 27.4 Å². The second-order valence-corrected chi connectivity index (χ2v) is 6.26. The van der Waals surface area contributed by atoms with E-state index in [2.05, 4.69) is 17.0 Å². The maximum atomic E-state index is 11.9. The van der Waals surface area contributed by atoms with Gasteiger partial charge in [0.25, 0.3) is 5.91 Å². The lowest BCUT2D eigenvalue weighted by Gasteiger charge is -2.08. The first kappa shape index (κ1) is 16.7. The predicted octanol–water partition coefficient (Wildman–Crippen LogP) is 1.90. The van der Waals surface area contributed by atoms with Crippen molar-refractivity contribution in [3.05, 3.63) is 29.8 Å². The fraction of sp³-hybridized carbons (Fsp3) is 0.500. The summed E-state index contributed by atoms with van der Waals surface area (Å²) in [5.41, 5.74) is 0.362. The molecule has 6 heteroatoms. The fourth-order valence-electron chi connectivity index (χ4n) is 1.76. The van der Waals surface area contributed by atoms with Crippen molar-refractivity contribution >= 4 is 15.9 Å². The van der Waals surface area contributed by atoms with E-state index < -0.39 is 10.0 Å². The highest BCUT2D eigenvalue weighted by Crippen LogP contribution is 2.11. The summed E-state index contributed by atoms with van der Waals surface area (Å²) < 4.78 is 26.1. The molecule has 0 aliphatic heterocycles. The van der Waals surface area contributed by atoms with Crippen molar-refractivity contribution in [3.63, 3.8) is 0 Å².